The smallest absolute Gasteiger partial charge is 0.159 e. The second-order valence-electron chi connectivity index (χ2n) is 13.3. The Morgan fingerprint density at radius 2 is 0.962 bits per heavy atom. The van der Waals surface area contributed by atoms with Gasteiger partial charge in [0.05, 0.1) is 22.4 Å². The minimum atomic E-state index is 0.821. The van der Waals surface area contributed by atoms with Gasteiger partial charge in [-0.2, -0.15) is 0 Å². The van der Waals surface area contributed by atoms with Crippen LogP contribution in [-0.2, 0) is 0 Å². The number of anilines is 3. The standard InChI is InChI=1S/C48H30N2O2/c1-3-13-31(14-4-1)32-25-27-34(28-26-32)50(41-22-11-19-36-35-17-8-10-24-43(35)51-47(36)41)42-23-12-20-38-46-44(52-48(38)42)30-29-40-45(46)37-18-7-9-21-39(37)49(40)33-15-5-2-6-16-33/h1-30H. The lowest BCUT2D eigenvalue weighted by molar-refractivity contribution is 0.666. The predicted molar refractivity (Wildman–Crippen MR) is 215 cm³/mol. The Labute approximate surface area is 299 Å². The normalized spacial score (nSPS) is 11.8. The van der Waals surface area contributed by atoms with Crippen molar-refractivity contribution in [1.82, 2.24) is 4.57 Å². The van der Waals surface area contributed by atoms with Crippen LogP contribution in [0, 0.1) is 0 Å². The lowest BCUT2D eigenvalue weighted by atomic mass is 10.0. The van der Waals surface area contributed by atoms with Gasteiger partial charge in [-0.05, 0) is 71.8 Å². The molecule has 8 aromatic carbocycles. The predicted octanol–water partition coefficient (Wildman–Crippen LogP) is 13.7. The molecule has 0 N–H and O–H groups in total. The monoisotopic (exact) mass is 666 g/mol. The SMILES string of the molecule is c1ccc(-c2ccc(N(c3cccc4c3oc3ccccc34)c3cccc4c3oc3ccc5c(c6ccccc6n5-c5ccccc5)c34)cc2)cc1. The number of benzene rings is 8. The number of rotatable bonds is 5. The molecular formula is C48H30N2O2. The maximum Gasteiger partial charge on any atom is 0.159 e. The Hall–Kier alpha value is -7.04. The van der Waals surface area contributed by atoms with Gasteiger partial charge in [0.25, 0.3) is 0 Å². The van der Waals surface area contributed by atoms with E-state index in [2.05, 4.69) is 179 Å². The van der Waals surface area contributed by atoms with Crippen molar-refractivity contribution in [3.63, 3.8) is 0 Å². The largest absolute Gasteiger partial charge is 0.454 e. The fraction of sp³-hybridized carbons (Fsp3) is 0. The van der Waals surface area contributed by atoms with Gasteiger partial charge >= 0.3 is 0 Å². The van der Waals surface area contributed by atoms with Crippen LogP contribution in [0.4, 0.5) is 17.1 Å². The molecule has 3 aromatic heterocycles. The van der Waals surface area contributed by atoms with Gasteiger partial charge in [-0.3, -0.25) is 0 Å². The fourth-order valence-corrected chi connectivity index (χ4v) is 8.11. The lowest BCUT2D eigenvalue weighted by Gasteiger charge is -2.25. The van der Waals surface area contributed by atoms with Gasteiger partial charge in [0.15, 0.2) is 11.2 Å². The van der Waals surface area contributed by atoms with E-state index in [0.29, 0.717) is 0 Å². The summed E-state index contributed by atoms with van der Waals surface area (Å²) < 4.78 is 16.0. The number of nitrogens with zero attached hydrogens (tertiary/aromatic N) is 2. The van der Waals surface area contributed by atoms with E-state index < -0.39 is 0 Å². The summed E-state index contributed by atoms with van der Waals surface area (Å²) in [7, 11) is 0. The van der Waals surface area contributed by atoms with Gasteiger partial charge in [0, 0.05) is 43.7 Å². The van der Waals surface area contributed by atoms with Crippen molar-refractivity contribution >= 4 is 82.7 Å². The molecule has 0 bridgehead atoms. The third-order valence-corrected chi connectivity index (χ3v) is 10.4. The quantitative estimate of drug-likeness (QED) is 0.183. The molecule has 11 aromatic rings. The molecule has 0 amide bonds. The zero-order valence-electron chi connectivity index (χ0n) is 28.0. The highest BCUT2D eigenvalue weighted by molar-refractivity contribution is 6.28. The van der Waals surface area contributed by atoms with Gasteiger partial charge < -0.3 is 18.3 Å². The highest BCUT2D eigenvalue weighted by Gasteiger charge is 2.25. The Morgan fingerprint density at radius 3 is 1.75 bits per heavy atom. The average molecular weight is 667 g/mol. The number of hydrogen-bond donors (Lipinski definition) is 0. The van der Waals surface area contributed by atoms with Crippen molar-refractivity contribution in [1.29, 1.82) is 0 Å². The maximum absolute atomic E-state index is 6.96. The molecule has 244 valence electrons. The zero-order chi connectivity index (χ0) is 34.2. The molecule has 3 heterocycles. The van der Waals surface area contributed by atoms with E-state index in [1.807, 2.05) is 12.1 Å². The molecule has 0 aliphatic heterocycles. The van der Waals surface area contributed by atoms with Gasteiger partial charge in [-0.25, -0.2) is 0 Å². The van der Waals surface area contributed by atoms with Crippen LogP contribution in [0.25, 0.3) is 82.5 Å². The third-order valence-electron chi connectivity index (χ3n) is 10.4. The summed E-state index contributed by atoms with van der Waals surface area (Å²) in [5.74, 6) is 0. The number of aromatic nitrogens is 1. The fourth-order valence-electron chi connectivity index (χ4n) is 8.11. The third kappa shape index (κ3) is 4.21. The molecule has 0 unspecified atom stereocenters. The van der Waals surface area contributed by atoms with Crippen molar-refractivity contribution < 1.29 is 8.83 Å². The first-order chi connectivity index (χ1) is 25.8. The van der Waals surface area contributed by atoms with Crippen LogP contribution in [0.1, 0.15) is 0 Å². The van der Waals surface area contributed by atoms with Crippen LogP contribution < -0.4 is 4.90 Å². The Bertz CT molecular complexity index is 3110. The number of hydrogen-bond acceptors (Lipinski definition) is 3. The molecule has 0 saturated heterocycles. The molecule has 4 heteroatoms. The second kappa shape index (κ2) is 11.2. The van der Waals surface area contributed by atoms with E-state index in [1.54, 1.807) is 0 Å². The molecule has 0 aliphatic rings. The summed E-state index contributed by atoms with van der Waals surface area (Å²) in [5, 5.41) is 6.73. The molecular weight excluding hydrogens is 637 g/mol. The van der Waals surface area contributed by atoms with E-state index in [4.69, 9.17) is 8.83 Å². The van der Waals surface area contributed by atoms with Crippen molar-refractivity contribution in [2.45, 2.75) is 0 Å². The molecule has 0 fully saturated rings. The Morgan fingerprint density at radius 1 is 0.365 bits per heavy atom. The summed E-state index contributed by atoms with van der Waals surface area (Å²) >= 11 is 0. The Balaban J connectivity index is 1.20. The van der Waals surface area contributed by atoms with E-state index in [0.717, 1.165) is 77.7 Å². The molecule has 52 heavy (non-hydrogen) atoms. The summed E-state index contributed by atoms with van der Waals surface area (Å²) in [6, 6.07) is 64.0. The van der Waals surface area contributed by atoms with Crippen molar-refractivity contribution in [3.8, 4) is 16.8 Å². The van der Waals surface area contributed by atoms with E-state index in [9.17, 15) is 0 Å². The number of furan rings is 2. The molecule has 0 aliphatic carbocycles. The first-order valence-electron chi connectivity index (χ1n) is 17.6. The minimum absolute atomic E-state index is 0.821. The lowest BCUT2D eigenvalue weighted by Crippen LogP contribution is -2.10. The van der Waals surface area contributed by atoms with Gasteiger partial charge in [0.1, 0.15) is 11.2 Å². The highest BCUT2D eigenvalue weighted by Crippen LogP contribution is 2.48. The summed E-state index contributed by atoms with van der Waals surface area (Å²) in [6.45, 7) is 0. The molecule has 0 saturated carbocycles. The van der Waals surface area contributed by atoms with Crippen LogP contribution in [0.2, 0.25) is 0 Å². The molecule has 0 spiro atoms. The summed E-state index contributed by atoms with van der Waals surface area (Å²) in [6.07, 6.45) is 0. The van der Waals surface area contributed by atoms with Crippen LogP contribution in [0.3, 0.4) is 0 Å². The molecule has 4 nitrogen and oxygen atoms in total. The second-order valence-corrected chi connectivity index (χ2v) is 13.3. The van der Waals surface area contributed by atoms with E-state index in [-0.39, 0.29) is 0 Å². The van der Waals surface area contributed by atoms with Crippen LogP contribution >= 0.6 is 0 Å². The topological polar surface area (TPSA) is 34.5 Å². The average Bonchev–Trinajstić information content (AvgIpc) is 3.89. The van der Waals surface area contributed by atoms with Crippen molar-refractivity contribution in [2.24, 2.45) is 0 Å². The van der Waals surface area contributed by atoms with Crippen LogP contribution in [0.15, 0.2) is 191 Å². The van der Waals surface area contributed by atoms with Crippen LogP contribution in [0.5, 0.6) is 0 Å². The number of para-hydroxylation sites is 5. The summed E-state index contributed by atoms with van der Waals surface area (Å²) in [5.41, 5.74) is 12.0. The molecule has 0 atom stereocenters. The van der Waals surface area contributed by atoms with Gasteiger partial charge in [-0.1, -0.05) is 121 Å². The zero-order valence-corrected chi connectivity index (χ0v) is 28.0. The summed E-state index contributed by atoms with van der Waals surface area (Å²) in [4.78, 5) is 2.29. The highest BCUT2D eigenvalue weighted by atomic mass is 16.3. The van der Waals surface area contributed by atoms with E-state index in [1.165, 1.54) is 21.9 Å². The van der Waals surface area contributed by atoms with Gasteiger partial charge in [-0.15, -0.1) is 0 Å². The maximum atomic E-state index is 6.96. The first-order valence-corrected chi connectivity index (χ1v) is 17.6. The Kier molecular flexibility index (Phi) is 6.22. The minimum Gasteiger partial charge on any atom is -0.454 e. The van der Waals surface area contributed by atoms with Crippen molar-refractivity contribution in [2.75, 3.05) is 4.90 Å². The van der Waals surface area contributed by atoms with E-state index >= 15 is 0 Å². The molecule has 11 rings (SSSR count). The van der Waals surface area contributed by atoms with Crippen molar-refractivity contribution in [3.05, 3.63) is 182 Å². The van der Waals surface area contributed by atoms with Gasteiger partial charge in [0.2, 0.25) is 0 Å². The number of fused-ring (bicyclic) bond motifs is 10. The molecule has 0 radical (unpaired) electrons. The van der Waals surface area contributed by atoms with Crippen LogP contribution in [-0.4, -0.2) is 4.57 Å². The first kappa shape index (κ1) is 28.8.